The van der Waals surface area contributed by atoms with E-state index in [1.807, 2.05) is 0 Å². The van der Waals surface area contributed by atoms with Crippen molar-refractivity contribution in [2.45, 2.75) is 64.5 Å². The van der Waals surface area contributed by atoms with Gasteiger partial charge in [0.15, 0.2) is 0 Å². The highest BCUT2D eigenvalue weighted by molar-refractivity contribution is 5.34. The Bertz CT molecular complexity index is 437. The Labute approximate surface area is 117 Å². The summed E-state index contributed by atoms with van der Waals surface area (Å²) in [4.78, 5) is 0. The molecule has 2 atom stereocenters. The third-order valence-electron chi connectivity index (χ3n) is 4.66. The molecule has 1 saturated carbocycles. The number of nitrogens with one attached hydrogen (secondary N) is 1. The maximum absolute atomic E-state index is 6.13. The molecule has 0 amide bonds. The molecule has 19 heavy (non-hydrogen) atoms. The summed E-state index contributed by atoms with van der Waals surface area (Å²) < 4.78 is 0. The second-order valence-electron chi connectivity index (χ2n) is 6.77. The monoisotopic (exact) mass is 260 g/mol. The summed E-state index contributed by atoms with van der Waals surface area (Å²) >= 11 is 0. The lowest BCUT2D eigenvalue weighted by atomic mass is 9.83. The van der Waals surface area contributed by atoms with Crippen LogP contribution in [-0.4, -0.2) is 18.6 Å². The molecule has 3 N–H and O–H groups in total. The SMILES string of the molecule is Cc1ccc(C(C)(C)CNC2CCCC2N)cc1C. The maximum atomic E-state index is 6.13. The third-order valence-corrected chi connectivity index (χ3v) is 4.66. The van der Waals surface area contributed by atoms with Crippen molar-refractivity contribution in [3.05, 3.63) is 34.9 Å². The average Bonchev–Trinajstić information content (AvgIpc) is 2.76. The van der Waals surface area contributed by atoms with Gasteiger partial charge in [-0.15, -0.1) is 0 Å². The van der Waals surface area contributed by atoms with E-state index in [4.69, 9.17) is 5.73 Å². The van der Waals surface area contributed by atoms with Crippen LogP contribution in [0.15, 0.2) is 18.2 Å². The lowest BCUT2D eigenvalue weighted by Crippen LogP contribution is -2.45. The Kier molecular flexibility index (Phi) is 4.32. The Morgan fingerprint density at radius 1 is 1.21 bits per heavy atom. The van der Waals surface area contributed by atoms with Crippen LogP contribution in [0, 0.1) is 13.8 Å². The molecule has 1 aromatic rings. The number of hydrogen-bond donors (Lipinski definition) is 2. The van der Waals surface area contributed by atoms with Gasteiger partial charge in [0.25, 0.3) is 0 Å². The highest BCUT2D eigenvalue weighted by Gasteiger charge is 2.27. The van der Waals surface area contributed by atoms with E-state index >= 15 is 0 Å². The van der Waals surface area contributed by atoms with Gasteiger partial charge in [-0.05, 0) is 43.4 Å². The Balaban J connectivity index is 2.02. The molecule has 2 nitrogen and oxygen atoms in total. The zero-order valence-corrected chi connectivity index (χ0v) is 12.8. The largest absolute Gasteiger partial charge is 0.326 e. The van der Waals surface area contributed by atoms with E-state index in [0.29, 0.717) is 12.1 Å². The highest BCUT2D eigenvalue weighted by atomic mass is 15.0. The standard InChI is InChI=1S/C17H28N2/c1-12-8-9-14(10-13(12)2)17(3,4)11-19-16-7-5-6-15(16)18/h8-10,15-16,19H,5-7,11,18H2,1-4H3. The molecule has 1 fully saturated rings. The van der Waals surface area contributed by atoms with Gasteiger partial charge in [-0.2, -0.15) is 0 Å². The third kappa shape index (κ3) is 3.37. The summed E-state index contributed by atoms with van der Waals surface area (Å²) in [7, 11) is 0. The molecule has 1 aliphatic rings. The fourth-order valence-electron chi connectivity index (χ4n) is 2.89. The number of benzene rings is 1. The molecule has 0 spiro atoms. The van der Waals surface area contributed by atoms with Crippen LogP contribution in [0.1, 0.15) is 49.8 Å². The minimum atomic E-state index is 0.154. The summed E-state index contributed by atoms with van der Waals surface area (Å²) in [6.45, 7) is 9.97. The highest BCUT2D eigenvalue weighted by Crippen LogP contribution is 2.26. The van der Waals surface area contributed by atoms with Crippen molar-refractivity contribution in [3.63, 3.8) is 0 Å². The minimum Gasteiger partial charge on any atom is -0.326 e. The first-order valence-electron chi connectivity index (χ1n) is 7.47. The molecule has 2 heteroatoms. The molecule has 2 rings (SSSR count). The first kappa shape index (κ1) is 14.5. The van der Waals surface area contributed by atoms with E-state index in [9.17, 15) is 0 Å². The van der Waals surface area contributed by atoms with Crippen LogP contribution in [0.3, 0.4) is 0 Å². The summed E-state index contributed by atoms with van der Waals surface area (Å²) in [6, 6.07) is 7.67. The van der Waals surface area contributed by atoms with Crippen LogP contribution in [-0.2, 0) is 5.41 Å². The zero-order valence-electron chi connectivity index (χ0n) is 12.8. The number of hydrogen-bond acceptors (Lipinski definition) is 2. The van der Waals surface area contributed by atoms with Crippen molar-refractivity contribution >= 4 is 0 Å². The molecule has 0 bridgehead atoms. The van der Waals surface area contributed by atoms with Crippen LogP contribution in [0.4, 0.5) is 0 Å². The molecular formula is C17H28N2. The predicted octanol–water partition coefficient (Wildman–Crippen LogP) is 3.05. The Morgan fingerprint density at radius 2 is 1.95 bits per heavy atom. The van der Waals surface area contributed by atoms with Crippen molar-refractivity contribution < 1.29 is 0 Å². The minimum absolute atomic E-state index is 0.154. The molecule has 1 aliphatic carbocycles. The van der Waals surface area contributed by atoms with Crippen molar-refractivity contribution in [2.24, 2.45) is 5.73 Å². The van der Waals surface area contributed by atoms with E-state index in [-0.39, 0.29) is 5.41 Å². The van der Waals surface area contributed by atoms with Crippen molar-refractivity contribution in [1.82, 2.24) is 5.32 Å². The van der Waals surface area contributed by atoms with E-state index in [2.05, 4.69) is 51.2 Å². The van der Waals surface area contributed by atoms with Crippen molar-refractivity contribution in [2.75, 3.05) is 6.54 Å². The van der Waals surface area contributed by atoms with E-state index in [1.165, 1.54) is 36.0 Å². The van der Waals surface area contributed by atoms with E-state index < -0.39 is 0 Å². The summed E-state index contributed by atoms with van der Waals surface area (Å²) in [5, 5.41) is 3.68. The van der Waals surface area contributed by atoms with Gasteiger partial charge in [0.05, 0.1) is 0 Å². The lowest BCUT2D eigenvalue weighted by molar-refractivity contribution is 0.400. The number of aryl methyl sites for hydroxylation is 2. The van der Waals surface area contributed by atoms with Gasteiger partial charge in [0.1, 0.15) is 0 Å². The number of rotatable bonds is 4. The second-order valence-corrected chi connectivity index (χ2v) is 6.77. The molecule has 0 aliphatic heterocycles. The first-order chi connectivity index (χ1) is 8.90. The summed E-state index contributed by atoms with van der Waals surface area (Å²) in [5.74, 6) is 0. The van der Waals surface area contributed by atoms with E-state index in [0.717, 1.165) is 6.54 Å². The molecule has 0 radical (unpaired) electrons. The zero-order chi connectivity index (χ0) is 14.0. The van der Waals surface area contributed by atoms with Crippen molar-refractivity contribution in [1.29, 1.82) is 0 Å². The molecule has 1 aromatic carbocycles. The quantitative estimate of drug-likeness (QED) is 0.873. The van der Waals surface area contributed by atoms with Gasteiger partial charge in [-0.25, -0.2) is 0 Å². The van der Waals surface area contributed by atoms with Gasteiger partial charge in [-0.3, -0.25) is 0 Å². The molecule has 106 valence electrons. The van der Waals surface area contributed by atoms with Gasteiger partial charge in [-0.1, -0.05) is 38.5 Å². The molecule has 0 heterocycles. The summed E-state index contributed by atoms with van der Waals surface area (Å²) in [5.41, 5.74) is 10.4. The van der Waals surface area contributed by atoms with Crippen LogP contribution >= 0.6 is 0 Å². The fraction of sp³-hybridized carbons (Fsp3) is 0.647. The molecule has 0 aromatic heterocycles. The molecular weight excluding hydrogens is 232 g/mol. The van der Waals surface area contributed by atoms with Crippen LogP contribution < -0.4 is 11.1 Å². The maximum Gasteiger partial charge on any atom is 0.0219 e. The van der Waals surface area contributed by atoms with Gasteiger partial charge >= 0.3 is 0 Å². The van der Waals surface area contributed by atoms with Crippen molar-refractivity contribution in [3.8, 4) is 0 Å². The molecule has 2 unspecified atom stereocenters. The van der Waals surface area contributed by atoms with Gasteiger partial charge in [0, 0.05) is 24.0 Å². The number of nitrogens with two attached hydrogens (primary N) is 1. The first-order valence-corrected chi connectivity index (χ1v) is 7.47. The normalized spacial score (nSPS) is 23.8. The second kappa shape index (κ2) is 5.64. The van der Waals surface area contributed by atoms with Gasteiger partial charge in [0.2, 0.25) is 0 Å². The predicted molar refractivity (Wildman–Crippen MR) is 82.6 cm³/mol. The summed E-state index contributed by atoms with van der Waals surface area (Å²) in [6.07, 6.45) is 3.66. The van der Waals surface area contributed by atoms with Gasteiger partial charge < -0.3 is 11.1 Å². The Hall–Kier alpha value is -0.860. The topological polar surface area (TPSA) is 38.0 Å². The fourth-order valence-corrected chi connectivity index (χ4v) is 2.89. The van der Waals surface area contributed by atoms with Crippen LogP contribution in [0.5, 0.6) is 0 Å². The Morgan fingerprint density at radius 3 is 2.53 bits per heavy atom. The molecule has 0 saturated heterocycles. The van der Waals surface area contributed by atoms with Crippen LogP contribution in [0.25, 0.3) is 0 Å². The smallest absolute Gasteiger partial charge is 0.0219 e. The average molecular weight is 260 g/mol. The van der Waals surface area contributed by atoms with Crippen LogP contribution in [0.2, 0.25) is 0 Å². The van der Waals surface area contributed by atoms with E-state index in [1.54, 1.807) is 0 Å². The lowest BCUT2D eigenvalue weighted by Gasteiger charge is -2.29.